The van der Waals surface area contributed by atoms with Crippen LogP contribution in [0.15, 0.2) is 42.5 Å². The van der Waals surface area contributed by atoms with E-state index in [4.69, 9.17) is 23.2 Å². The van der Waals surface area contributed by atoms with E-state index in [1.807, 2.05) is 24.3 Å². The minimum atomic E-state index is -4.56. The highest BCUT2D eigenvalue weighted by atomic mass is 35.5. The van der Waals surface area contributed by atoms with E-state index in [1.54, 1.807) is 27.2 Å². The van der Waals surface area contributed by atoms with Gasteiger partial charge in [-0.05, 0) is 30.3 Å². The number of aromatic nitrogens is 3. The maximum Gasteiger partial charge on any atom is 0.435 e. The zero-order valence-corrected chi connectivity index (χ0v) is 19.4. The Morgan fingerprint density at radius 1 is 1.00 bits per heavy atom. The van der Waals surface area contributed by atoms with Gasteiger partial charge in [-0.25, -0.2) is 4.98 Å². The normalized spacial score (nSPS) is 17.4. The zero-order chi connectivity index (χ0) is 23.1. The lowest BCUT2D eigenvalue weighted by atomic mass is 10.2. The molecular formula is C24H22Cl2F3N4+. The van der Waals surface area contributed by atoms with Gasteiger partial charge in [0.15, 0.2) is 5.69 Å². The van der Waals surface area contributed by atoms with Crippen molar-refractivity contribution in [1.82, 2.24) is 14.0 Å². The summed E-state index contributed by atoms with van der Waals surface area (Å²) >= 11 is 12.6. The van der Waals surface area contributed by atoms with Gasteiger partial charge < -0.3 is 4.48 Å². The van der Waals surface area contributed by atoms with Crippen LogP contribution >= 0.6 is 23.2 Å². The van der Waals surface area contributed by atoms with Gasteiger partial charge in [0.05, 0.1) is 40.9 Å². The van der Waals surface area contributed by atoms with Crippen LogP contribution in [0.4, 0.5) is 13.2 Å². The van der Waals surface area contributed by atoms with Crippen molar-refractivity contribution in [3.8, 4) is 5.69 Å². The van der Waals surface area contributed by atoms with Crippen molar-refractivity contribution in [2.45, 2.75) is 50.5 Å². The Kier molecular flexibility index (Phi) is 4.61. The highest BCUT2D eigenvalue weighted by molar-refractivity contribution is 6.35. The molecular weight excluding hydrogens is 472 g/mol. The molecule has 4 aromatic rings. The number of rotatable bonds is 5. The molecule has 0 atom stereocenters. The van der Waals surface area contributed by atoms with Gasteiger partial charge in [0, 0.05) is 30.7 Å². The molecule has 9 heteroatoms. The second-order valence-corrected chi connectivity index (χ2v) is 10.3. The SMILES string of the molecule is C[N+](Cc1c(C(F)(F)F)nc2n(-c3ccc(Cl)cc3Cl)c3ccccc3n12)(C1CC1)C1CC1. The number of alkyl halides is 3. The van der Waals surface area contributed by atoms with Crippen molar-refractivity contribution in [3.05, 3.63) is 63.9 Å². The lowest BCUT2D eigenvalue weighted by Crippen LogP contribution is -2.48. The van der Waals surface area contributed by atoms with Crippen molar-refractivity contribution in [2.24, 2.45) is 0 Å². The zero-order valence-electron chi connectivity index (χ0n) is 17.9. The molecule has 2 aliphatic rings. The largest absolute Gasteiger partial charge is 0.435 e. The average Bonchev–Trinajstić information content (AvgIpc) is 3.66. The molecule has 0 aliphatic heterocycles. The summed E-state index contributed by atoms with van der Waals surface area (Å²) in [5, 5.41) is 0.804. The molecule has 0 amide bonds. The van der Waals surface area contributed by atoms with E-state index < -0.39 is 11.9 Å². The van der Waals surface area contributed by atoms with Gasteiger partial charge in [0.2, 0.25) is 5.78 Å². The predicted octanol–water partition coefficient (Wildman–Crippen LogP) is 6.88. The maximum atomic E-state index is 14.3. The van der Waals surface area contributed by atoms with Crippen molar-refractivity contribution < 1.29 is 17.7 Å². The first kappa shape index (κ1) is 21.3. The Hall–Kier alpha value is -2.22. The van der Waals surface area contributed by atoms with E-state index in [0.29, 0.717) is 44.4 Å². The second kappa shape index (κ2) is 7.14. The summed E-state index contributed by atoms with van der Waals surface area (Å²) in [4.78, 5) is 4.20. The molecule has 0 spiro atoms. The lowest BCUT2D eigenvalue weighted by molar-refractivity contribution is -0.943. The maximum absolute atomic E-state index is 14.3. The molecule has 33 heavy (non-hydrogen) atoms. The fraction of sp³-hybridized carbons (Fsp3) is 0.375. The van der Waals surface area contributed by atoms with Crippen molar-refractivity contribution in [2.75, 3.05) is 7.05 Å². The van der Waals surface area contributed by atoms with Crippen LogP contribution in [0.3, 0.4) is 0 Å². The number of hydrogen-bond acceptors (Lipinski definition) is 1. The Morgan fingerprint density at radius 2 is 1.64 bits per heavy atom. The molecule has 0 radical (unpaired) electrons. The predicted molar refractivity (Wildman–Crippen MR) is 123 cm³/mol. The summed E-state index contributed by atoms with van der Waals surface area (Å²) in [6.07, 6.45) is -0.289. The second-order valence-electron chi connectivity index (χ2n) is 9.43. The summed E-state index contributed by atoms with van der Waals surface area (Å²) in [6, 6.07) is 13.2. The molecule has 0 unspecified atom stereocenters. The average molecular weight is 494 g/mol. The molecule has 0 bridgehead atoms. The van der Waals surface area contributed by atoms with E-state index in [1.165, 1.54) is 0 Å². The molecule has 2 aromatic carbocycles. The van der Waals surface area contributed by atoms with E-state index in [2.05, 4.69) is 12.0 Å². The quantitative estimate of drug-likeness (QED) is 0.278. The minimum Gasteiger partial charge on any atom is -0.316 e. The van der Waals surface area contributed by atoms with Crippen molar-refractivity contribution in [3.63, 3.8) is 0 Å². The van der Waals surface area contributed by atoms with E-state index >= 15 is 0 Å². The molecule has 0 N–H and O–H groups in total. The van der Waals surface area contributed by atoms with Crippen LogP contribution in [0, 0.1) is 0 Å². The number of quaternary nitrogens is 1. The molecule has 2 heterocycles. The number of imidazole rings is 2. The van der Waals surface area contributed by atoms with Crippen LogP contribution in [0.25, 0.3) is 22.5 Å². The fourth-order valence-electron chi connectivity index (χ4n) is 5.27. The Bertz CT molecular complexity index is 1380. The van der Waals surface area contributed by atoms with Gasteiger partial charge >= 0.3 is 6.18 Å². The molecule has 4 nitrogen and oxygen atoms in total. The number of para-hydroxylation sites is 2. The van der Waals surface area contributed by atoms with Crippen molar-refractivity contribution >= 4 is 40.0 Å². The molecule has 6 rings (SSSR count). The highest BCUT2D eigenvalue weighted by Gasteiger charge is 2.53. The van der Waals surface area contributed by atoms with E-state index in [9.17, 15) is 13.2 Å². The standard InChI is InChI=1S/C24H22Cl2F3N4/c1-33(15-7-8-15,16-9-10-16)13-21-22(24(27,28)29)30-23-31(18-11-6-14(25)12-17(18)26)19-4-2-3-5-20(19)32(21)23/h2-6,11-12,15-16H,7-10,13H2,1H3/q+1. The van der Waals surface area contributed by atoms with Crippen LogP contribution in [-0.2, 0) is 12.7 Å². The van der Waals surface area contributed by atoms with Crippen LogP contribution in [0.2, 0.25) is 10.0 Å². The van der Waals surface area contributed by atoms with Gasteiger partial charge in [-0.3, -0.25) is 8.97 Å². The van der Waals surface area contributed by atoms with Gasteiger partial charge in [-0.2, -0.15) is 13.2 Å². The van der Waals surface area contributed by atoms with Gasteiger partial charge in [-0.1, -0.05) is 35.3 Å². The monoisotopic (exact) mass is 493 g/mol. The number of nitrogens with zero attached hydrogens (tertiary/aromatic N) is 4. The van der Waals surface area contributed by atoms with E-state index in [-0.39, 0.29) is 11.5 Å². The molecule has 0 saturated heterocycles. The molecule has 2 aromatic heterocycles. The van der Waals surface area contributed by atoms with Crippen LogP contribution in [-0.4, -0.2) is 37.6 Å². The van der Waals surface area contributed by atoms with Gasteiger partial charge in [0.25, 0.3) is 0 Å². The summed E-state index contributed by atoms with van der Waals surface area (Å²) in [5.74, 6) is 0.209. The lowest BCUT2D eigenvalue weighted by Gasteiger charge is -2.35. The topological polar surface area (TPSA) is 22.2 Å². The first-order chi connectivity index (χ1) is 15.7. The Morgan fingerprint density at radius 3 is 2.21 bits per heavy atom. The molecule has 172 valence electrons. The highest BCUT2D eigenvalue weighted by Crippen LogP contribution is 2.46. The molecule has 2 fully saturated rings. The number of fused-ring (bicyclic) bond motifs is 3. The molecule has 2 saturated carbocycles. The number of halogens is 5. The van der Waals surface area contributed by atoms with E-state index in [0.717, 1.165) is 31.2 Å². The van der Waals surface area contributed by atoms with Crippen molar-refractivity contribution in [1.29, 1.82) is 0 Å². The fourth-order valence-corrected chi connectivity index (χ4v) is 5.77. The smallest absolute Gasteiger partial charge is 0.316 e. The third-order valence-corrected chi connectivity index (χ3v) is 7.73. The first-order valence-corrected chi connectivity index (χ1v) is 11.8. The first-order valence-electron chi connectivity index (χ1n) is 11.1. The minimum absolute atomic E-state index is 0.209. The Labute approximate surface area is 198 Å². The number of hydrogen-bond donors (Lipinski definition) is 0. The van der Waals surface area contributed by atoms with Crippen LogP contribution < -0.4 is 0 Å². The Balaban J connectivity index is 1.66. The number of benzene rings is 2. The van der Waals surface area contributed by atoms with Crippen LogP contribution in [0.5, 0.6) is 0 Å². The van der Waals surface area contributed by atoms with Gasteiger partial charge in [-0.15, -0.1) is 0 Å². The van der Waals surface area contributed by atoms with Gasteiger partial charge in [0.1, 0.15) is 12.2 Å². The third kappa shape index (κ3) is 3.35. The van der Waals surface area contributed by atoms with Crippen LogP contribution in [0.1, 0.15) is 37.1 Å². The summed E-state index contributed by atoms with van der Waals surface area (Å²) in [6.45, 7) is 0.299. The summed E-state index contributed by atoms with van der Waals surface area (Å²) in [5.41, 5.74) is 1.37. The summed E-state index contributed by atoms with van der Waals surface area (Å²) < 4.78 is 46.9. The summed E-state index contributed by atoms with van der Waals surface area (Å²) in [7, 11) is 2.12. The third-order valence-electron chi connectivity index (χ3n) is 7.19. The molecule has 2 aliphatic carbocycles.